The summed E-state index contributed by atoms with van der Waals surface area (Å²) in [6, 6.07) is 10.5. The molecule has 4 rings (SSSR count). The average Bonchev–Trinajstić information content (AvgIpc) is 3.22. The number of rotatable bonds is 7. The molecule has 0 aliphatic carbocycles. The number of aryl methyl sites for hydroxylation is 1. The summed E-state index contributed by atoms with van der Waals surface area (Å²) >= 11 is 0. The van der Waals surface area contributed by atoms with Gasteiger partial charge in [-0.2, -0.15) is 5.10 Å². The van der Waals surface area contributed by atoms with Gasteiger partial charge in [0, 0.05) is 44.0 Å². The average molecular weight is 433 g/mol. The second kappa shape index (κ2) is 9.18. The molecule has 2 atom stereocenters. The molecule has 0 spiro atoms. The van der Waals surface area contributed by atoms with E-state index >= 15 is 0 Å². The van der Waals surface area contributed by atoms with Crippen molar-refractivity contribution in [2.24, 2.45) is 0 Å². The van der Waals surface area contributed by atoms with Crippen molar-refractivity contribution in [1.82, 2.24) is 20.0 Å². The number of hydrogen-bond acceptors (Lipinski definition) is 6. The zero-order chi connectivity index (χ0) is 21.1. The highest BCUT2D eigenvalue weighted by Crippen LogP contribution is 2.26. The van der Waals surface area contributed by atoms with E-state index < -0.39 is 9.84 Å². The van der Waals surface area contributed by atoms with E-state index in [1.165, 1.54) is 5.56 Å². The van der Waals surface area contributed by atoms with Gasteiger partial charge < -0.3 is 10.1 Å². The third kappa shape index (κ3) is 5.11. The topological polar surface area (TPSA) is 76.5 Å². The maximum atomic E-state index is 11.8. The van der Waals surface area contributed by atoms with E-state index in [9.17, 15) is 8.42 Å². The summed E-state index contributed by atoms with van der Waals surface area (Å²) in [7, 11) is -2.92. The molecule has 0 bridgehead atoms. The number of aromatic nitrogens is 2. The zero-order valence-corrected chi connectivity index (χ0v) is 18.7. The Morgan fingerprint density at radius 2 is 2.03 bits per heavy atom. The molecule has 2 aromatic rings. The summed E-state index contributed by atoms with van der Waals surface area (Å²) in [5, 5.41) is 8.19. The van der Waals surface area contributed by atoms with Crippen LogP contribution in [0.15, 0.2) is 30.3 Å². The molecule has 0 radical (unpaired) electrons. The first-order valence-electron chi connectivity index (χ1n) is 10.7. The first-order chi connectivity index (χ1) is 14.4. The van der Waals surface area contributed by atoms with Gasteiger partial charge in [-0.1, -0.05) is 30.3 Å². The summed E-state index contributed by atoms with van der Waals surface area (Å²) in [5.74, 6) is 0.469. The molecule has 2 saturated heterocycles. The van der Waals surface area contributed by atoms with Gasteiger partial charge in [0.2, 0.25) is 0 Å². The highest BCUT2D eigenvalue weighted by molar-refractivity contribution is 7.91. The van der Waals surface area contributed by atoms with Crippen LogP contribution in [0.1, 0.15) is 35.0 Å². The Bertz CT molecular complexity index is 958. The summed E-state index contributed by atoms with van der Waals surface area (Å²) in [5.41, 5.74) is 4.53. The molecule has 7 nitrogen and oxygen atoms in total. The fourth-order valence-electron chi connectivity index (χ4n) is 4.52. The molecule has 164 valence electrons. The summed E-state index contributed by atoms with van der Waals surface area (Å²) < 4.78 is 31.6. The number of ether oxygens (including phenoxy) is 1. The van der Waals surface area contributed by atoms with Crippen LogP contribution in [0.5, 0.6) is 0 Å². The van der Waals surface area contributed by atoms with Gasteiger partial charge in [0.15, 0.2) is 9.84 Å². The van der Waals surface area contributed by atoms with Crippen LogP contribution in [0, 0.1) is 13.8 Å². The molecular formula is C22H32N4O3S. The molecule has 1 aromatic carbocycles. The van der Waals surface area contributed by atoms with Crippen molar-refractivity contribution >= 4 is 9.84 Å². The molecule has 0 saturated carbocycles. The highest BCUT2D eigenvalue weighted by atomic mass is 32.2. The van der Waals surface area contributed by atoms with Crippen LogP contribution in [0.2, 0.25) is 0 Å². The van der Waals surface area contributed by atoms with Gasteiger partial charge in [0.1, 0.15) is 0 Å². The molecule has 1 N–H and O–H groups in total. The summed E-state index contributed by atoms with van der Waals surface area (Å²) in [4.78, 5) is 2.44. The minimum Gasteiger partial charge on any atom is -0.374 e. The van der Waals surface area contributed by atoms with E-state index in [0.717, 1.165) is 56.3 Å². The molecule has 1 aromatic heterocycles. The Kier molecular flexibility index (Phi) is 6.57. The van der Waals surface area contributed by atoms with Gasteiger partial charge in [-0.05, 0) is 25.8 Å². The molecular weight excluding hydrogens is 400 g/mol. The van der Waals surface area contributed by atoms with E-state index in [4.69, 9.17) is 4.74 Å². The number of benzene rings is 1. The highest BCUT2D eigenvalue weighted by Gasteiger charge is 2.31. The van der Waals surface area contributed by atoms with Gasteiger partial charge in [-0.3, -0.25) is 9.58 Å². The largest absolute Gasteiger partial charge is 0.374 e. The van der Waals surface area contributed by atoms with Crippen LogP contribution < -0.4 is 5.32 Å². The zero-order valence-electron chi connectivity index (χ0n) is 17.9. The van der Waals surface area contributed by atoms with Gasteiger partial charge in [-0.15, -0.1) is 0 Å². The third-order valence-electron chi connectivity index (χ3n) is 6.17. The second-order valence-electron chi connectivity index (χ2n) is 8.50. The lowest BCUT2D eigenvalue weighted by atomic mass is 10.1. The third-order valence-corrected chi connectivity index (χ3v) is 7.93. The van der Waals surface area contributed by atoms with Crippen LogP contribution in [0.4, 0.5) is 0 Å². The fraction of sp³-hybridized carbons (Fsp3) is 0.591. The Labute approximate surface area is 179 Å². The lowest BCUT2D eigenvalue weighted by Crippen LogP contribution is -2.46. The van der Waals surface area contributed by atoms with Crippen LogP contribution in [-0.4, -0.2) is 66.9 Å². The van der Waals surface area contributed by atoms with Crippen molar-refractivity contribution in [1.29, 1.82) is 0 Å². The summed E-state index contributed by atoms with van der Waals surface area (Å²) in [6.07, 6.45) is 0.822. The minimum absolute atomic E-state index is 0.0318. The normalized spacial score (nSPS) is 24.3. The molecule has 2 aliphatic rings. The van der Waals surface area contributed by atoms with E-state index in [1.54, 1.807) is 0 Å². The van der Waals surface area contributed by atoms with Crippen molar-refractivity contribution in [2.45, 2.75) is 45.5 Å². The molecule has 0 amide bonds. The number of sulfone groups is 1. The molecule has 3 heterocycles. The second-order valence-corrected chi connectivity index (χ2v) is 10.7. The van der Waals surface area contributed by atoms with E-state index in [-0.39, 0.29) is 23.7 Å². The summed E-state index contributed by atoms with van der Waals surface area (Å²) in [6.45, 7) is 9.13. The van der Waals surface area contributed by atoms with Crippen molar-refractivity contribution in [3.8, 4) is 0 Å². The Morgan fingerprint density at radius 3 is 2.77 bits per heavy atom. The van der Waals surface area contributed by atoms with E-state index in [1.807, 2.05) is 24.6 Å². The predicted molar refractivity (Wildman–Crippen MR) is 117 cm³/mol. The van der Waals surface area contributed by atoms with E-state index in [0.29, 0.717) is 6.42 Å². The van der Waals surface area contributed by atoms with E-state index in [2.05, 4.69) is 39.6 Å². The molecule has 30 heavy (non-hydrogen) atoms. The van der Waals surface area contributed by atoms with Crippen LogP contribution in [0.25, 0.3) is 0 Å². The van der Waals surface area contributed by atoms with Gasteiger partial charge in [0.05, 0.1) is 36.0 Å². The molecule has 8 heteroatoms. The Balaban J connectivity index is 1.30. The van der Waals surface area contributed by atoms with Gasteiger partial charge in [0.25, 0.3) is 0 Å². The lowest BCUT2D eigenvalue weighted by molar-refractivity contribution is -0.0300. The van der Waals surface area contributed by atoms with Gasteiger partial charge in [-0.25, -0.2) is 8.42 Å². The van der Waals surface area contributed by atoms with Crippen molar-refractivity contribution in [3.05, 3.63) is 52.8 Å². The minimum atomic E-state index is -2.92. The number of hydrogen-bond donors (Lipinski definition) is 1. The maximum Gasteiger partial charge on any atom is 0.152 e. The number of nitrogens with one attached hydrogen (secondary N) is 1. The van der Waals surface area contributed by atoms with Crippen molar-refractivity contribution < 1.29 is 13.2 Å². The smallest absolute Gasteiger partial charge is 0.152 e. The first kappa shape index (κ1) is 21.5. The Hall–Kier alpha value is -1.74. The SMILES string of the molecule is Cc1nn(C2CCS(=O)(=O)C2)c(C)c1CNCC1CN(Cc2ccccc2)CCO1. The molecule has 2 unspecified atom stereocenters. The maximum absolute atomic E-state index is 11.8. The van der Waals surface area contributed by atoms with Gasteiger partial charge >= 0.3 is 0 Å². The van der Waals surface area contributed by atoms with Crippen LogP contribution >= 0.6 is 0 Å². The quantitative estimate of drug-likeness (QED) is 0.720. The first-order valence-corrected chi connectivity index (χ1v) is 12.6. The monoisotopic (exact) mass is 432 g/mol. The van der Waals surface area contributed by atoms with Crippen LogP contribution in [0.3, 0.4) is 0 Å². The number of nitrogens with zero attached hydrogens (tertiary/aromatic N) is 3. The van der Waals surface area contributed by atoms with Crippen molar-refractivity contribution in [2.75, 3.05) is 37.7 Å². The number of morpholine rings is 1. The lowest BCUT2D eigenvalue weighted by Gasteiger charge is -2.33. The standard InChI is InChI=1S/C22H32N4O3S/c1-17-22(18(2)26(24-17)20-8-11-30(27,28)16-20)13-23-12-21-15-25(9-10-29-21)14-19-6-4-3-5-7-19/h3-7,20-21,23H,8-16H2,1-2H3. The van der Waals surface area contributed by atoms with Crippen LogP contribution in [-0.2, 0) is 27.7 Å². The predicted octanol–water partition coefficient (Wildman–Crippen LogP) is 1.85. The Morgan fingerprint density at radius 1 is 1.23 bits per heavy atom. The molecule has 2 aliphatic heterocycles. The molecule has 2 fully saturated rings. The van der Waals surface area contributed by atoms with Crippen molar-refractivity contribution in [3.63, 3.8) is 0 Å². The fourth-order valence-corrected chi connectivity index (χ4v) is 6.22.